The Kier molecular flexibility index (Phi) is 5.97. The monoisotopic (exact) mass is 527 g/mol. The molecule has 2 aliphatic rings. The quantitative estimate of drug-likeness (QED) is 0.339. The number of rotatable bonds is 5. The van der Waals surface area contributed by atoms with Crippen molar-refractivity contribution < 1.29 is 14.0 Å². The molecule has 6 rings (SSSR count). The molecule has 1 saturated heterocycles. The highest BCUT2D eigenvalue weighted by Gasteiger charge is 2.55. The minimum absolute atomic E-state index is 0.0848. The van der Waals surface area contributed by atoms with E-state index in [1.807, 2.05) is 24.0 Å². The number of hydrogen-bond donors (Lipinski definition) is 3. The Hall–Kier alpha value is -4.47. The summed E-state index contributed by atoms with van der Waals surface area (Å²) in [4.78, 5) is 33.5. The lowest BCUT2D eigenvalue weighted by Gasteiger charge is -2.26. The molecule has 2 aromatic carbocycles. The fraction of sp³-hybridized carbons (Fsp3) is 0.310. The standard InChI is InChI=1S/C29H30FN7O2/c1-17-9-10-20(30)22(15-17)34-28(39)33-21-8-4-3-7-18(21)23-19(16-32-26-24(23)25(31)35-36(26)2)29(11-12-29)27(38)37-13-5-6-14-37/h3-4,7-10,15-16H,5-6,11-14H2,1-2H3,(H2,31,35)(H2,33,34,39). The molecule has 3 amide bonds. The van der Waals surface area contributed by atoms with Crippen LogP contribution in [0.25, 0.3) is 22.2 Å². The number of fused-ring (bicyclic) bond motifs is 1. The third kappa shape index (κ3) is 4.25. The molecule has 10 heteroatoms. The maximum absolute atomic E-state index is 14.3. The smallest absolute Gasteiger partial charge is 0.323 e. The molecule has 0 bridgehead atoms. The number of benzene rings is 2. The molecule has 200 valence electrons. The van der Waals surface area contributed by atoms with Crippen molar-refractivity contribution in [1.29, 1.82) is 0 Å². The molecule has 0 radical (unpaired) electrons. The van der Waals surface area contributed by atoms with Gasteiger partial charge in [-0.15, -0.1) is 0 Å². The molecule has 0 unspecified atom stereocenters. The summed E-state index contributed by atoms with van der Waals surface area (Å²) >= 11 is 0. The van der Waals surface area contributed by atoms with E-state index in [0.29, 0.717) is 40.9 Å². The van der Waals surface area contributed by atoms with E-state index in [2.05, 4.69) is 20.7 Å². The number of nitrogens with one attached hydrogen (secondary N) is 2. The van der Waals surface area contributed by atoms with Crippen LogP contribution in [0.5, 0.6) is 0 Å². The van der Waals surface area contributed by atoms with Gasteiger partial charge < -0.3 is 21.3 Å². The number of carbonyl (C=O) groups is 2. The molecule has 0 atom stereocenters. The summed E-state index contributed by atoms with van der Waals surface area (Å²) in [6.07, 6.45) is 5.20. The van der Waals surface area contributed by atoms with Gasteiger partial charge in [0.25, 0.3) is 0 Å². The summed E-state index contributed by atoms with van der Waals surface area (Å²) in [6, 6.07) is 11.3. The highest BCUT2D eigenvalue weighted by Crippen LogP contribution is 2.55. The van der Waals surface area contributed by atoms with Crippen LogP contribution in [0.2, 0.25) is 0 Å². The molecule has 2 fully saturated rings. The largest absolute Gasteiger partial charge is 0.382 e. The number of aromatic nitrogens is 3. The number of para-hydroxylation sites is 1. The van der Waals surface area contributed by atoms with Crippen LogP contribution in [-0.2, 0) is 17.3 Å². The van der Waals surface area contributed by atoms with Gasteiger partial charge in [-0.2, -0.15) is 5.10 Å². The van der Waals surface area contributed by atoms with Crippen molar-refractivity contribution in [1.82, 2.24) is 19.7 Å². The van der Waals surface area contributed by atoms with Gasteiger partial charge in [0.05, 0.1) is 22.2 Å². The van der Waals surface area contributed by atoms with Crippen LogP contribution in [-0.4, -0.2) is 44.7 Å². The number of amides is 3. The van der Waals surface area contributed by atoms with E-state index in [0.717, 1.165) is 42.6 Å². The maximum atomic E-state index is 14.3. The van der Waals surface area contributed by atoms with Crippen molar-refractivity contribution in [3.8, 4) is 11.1 Å². The van der Waals surface area contributed by atoms with E-state index in [-0.39, 0.29) is 11.6 Å². The van der Waals surface area contributed by atoms with E-state index >= 15 is 0 Å². The average Bonchev–Trinajstić information content (AvgIpc) is 3.42. The Labute approximate surface area is 225 Å². The second kappa shape index (κ2) is 9.37. The molecule has 1 aliphatic carbocycles. The molecule has 39 heavy (non-hydrogen) atoms. The van der Waals surface area contributed by atoms with E-state index in [4.69, 9.17) is 5.73 Å². The summed E-state index contributed by atoms with van der Waals surface area (Å²) in [5.41, 5.74) is 9.90. The first-order valence-electron chi connectivity index (χ1n) is 13.1. The Morgan fingerprint density at radius 3 is 2.51 bits per heavy atom. The van der Waals surface area contributed by atoms with E-state index in [1.54, 1.807) is 42.2 Å². The summed E-state index contributed by atoms with van der Waals surface area (Å²) in [5.74, 6) is -0.119. The minimum atomic E-state index is -0.691. The van der Waals surface area contributed by atoms with Crippen molar-refractivity contribution in [3.05, 3.63) is 65.6 Å². The zero-order chi connectivity index (χ0) is 27.3. The second-order valence-electron chi connectivity index (χ2n) is 10.4. The lowest BCUT2D eigenvalue weighted by atomic mass is 9.86. The van der Waals surface area contributed by atoms with Crippen LogP contribution >= 0.6 is 0 Å². The van der Waals surface area contributed by atoms with Crippen LogP contribution in [0.4, 0.5) is 26.4 Å². The number of hydrogen-bond acceptors (Lipinski definition) is 5. The van der Waals surface area contributed by atoms with Gasteiger partial charge in [-0.05, 0) is 61.9 Å². The van der Waals surface area contributed by atoms with E-state index in [9.17, 15) is 14.0 Å². The zero-order valence-corrected chi connectivity index (χ0v) is 21.9. The third-order valence-electron chi connectivity index (χ3n) is 7.76. The van der Waals surface area contributed by atoms with Crippen LogP contribution in [0.3, 0.4) is 0 Å². The van der Waals surface area contributed by atoms with Gasteiger partial charge in [0.15, 0.2) is 11.5 Å². The number of nitrogens with two attached hydrogens (primary N) is 1. The molecular weight excluding hydrogens is 497 g/mol. The molecule has 4 aromatic rings. The summed E-state index contributed by atoms with van der Waals surface area (Å²) in [5, 5.41) is 10.5. The Bertz CT molecular complexity index is 1620. The van der Waals surface area contributed by atoms with Gasteiger partial charge in [0, 0.05) is 37.5 Å². The van der Waals surface area contributed by atoms with E-state index < -0.39 is 17.3 Å². The topological polar surface area (TPSA) is 118 Å². The molecule has 4 N–H and O–H groups in total. The first kappa shape index (κ1) is 24.8. The number of carbonyl (C=O) groups excluding carboxylic acids is 2. The molecule has 1 saturated carbocycles. The number of aryl methyl sites for hydroxylation is 2. The normalized spacial score (nSPS) is 15.9. The van der Waals surface area contributed by atoms with Crippen molar-refractivity contribution in [3.63, 3.8) is 0 Å². The molecule has 3 heterocycles. The van der Waals surface area contributed by atoms with E-state index in [1.165, 1.54) is 6.07 Å². The highest BCUT2D eigenvalue weighted by atomic mass is 19.1. The minimum Gasteiger partial charge on any atom is -0.382 e. The predicted octanol–water partition coefficient (Wildman–Crippen LogP) is 4.96. The molecule has 9 nitrogen and oxygen atoms in total. The first-order chi connectivity index (χ1) is 18.8. The number of anilines is 3. The molecule has 2 aromatic heterocycles. The van der Waals surface area contributed by atoms with Gasteiger partial charge in [0.1, 0.15) is 5.82 Å². The lowest BCUT2D eigenvalue weighted by Crippen LogP contribution is -2.37. The second-order valence-corrected chi connectivity index (χ2v) is 10.4. The zero-order valence-electron chi connectivity index (χ0n) is 21.9. The van der Waals surface area contributed by atoms with Crippen molar-refractivity contribution in [2.75, 3.05) is 29.5 Å². The molecular formula is C29H30FN7O2. The lowest BCUT2D eigenvalue weighted by molar-refractivity contribution is -0.132. The summed E-state index contributed by atoms with van der Waals surface area (Å²) < 4.78 is 15.9. The fourth-order valence-electron chi connectivity index (χ4n) is 5.66. The number of likely N-dealkylation sites (tertiary alicyclic amines) is 1. The highest BCUT2D eigenvalue weighted by molar-refractivity contribution is 6.09. The van der Waals surface area contributed by atoms with Gasteiger partial charge in [-0.25, -0.2) is 18.9 Å². The van der Waals surface area contributed by atoms with Crippen LogP contribution in [0, 0.1) is 12.7 Å². The number of nitrogens with zero attached hydrogens (tertiary/aromatic N) is 4. The Morgan fingerprint density at radius 2 is 1.77 bits per heavy atom. The van der Waals surface area contributed by atoms with Crippen LogP contribution < -0.4 is 16.4 Å². The third-order valence-corrected chi connectivity index (χ3v) is 7.76. The number of urea groups is 1. The Balaban J connectivity index is 1.46. The van der Waals surface area contributed by atoms with Gasteiger partial charge >= 0.3 is 6.03 Å². The SMILES string of the molecule is Cc1ccc(F)c(NC(=O)Nc2ccccc2-c2c(C3(C(=O)N4CCCC4)CC3)cnc3c2c(N)nn3C)c1. The first-order valence-corrected chi connectivity index (χ1v) is 13.1. The number of halogens is 1. The fourth-order valence-corrected chi connectivity index (χ4v) is 5.66. The van der Waals surface area contributed by atoms with Crippen molar-refractivity contribution >= 4 is 40.2 Å². The average molecular weight is 528 g/mol. The Morgan fingerprint density at radius 1 is 1.05 bits per heavy atom. The molecule has 1 aliphatic heterocycles. The number of nitrogen functional groups attached to an aromatic ring is 1. The van der Waals surface area contributed by atoms with Gasteiger partial charge in [-0.3, -0.25) is 4.79 Å². The van der Waals surface area contributed by atoms with Gasteiger partial charge in [0.2, 0.25) is 5.91 Å². The maximum Gasteiger partial charge on any atom is 0.323 e. The number of pyridine rings is 1. The van der Waals surface area contributed by atoms with Crippen LogP contribution in [0.1, 0.15) is 36.8 Å². The summed E-state index contributed by atoms with van der Waals surface area (Å²) in [6.45, 7) is 3.34. The predicted molar refractivity (Wildman–Crippen MR) is 149 cm³/mol. The van der Waals surface area contributed by atoms with Gasteiger partial charge in [-0.1, -0.05) is 24.3 Å². The van der Waals surface area contributed by atoms with Crippen LogP contribution in [0.15, 0.2) is 48.7 Å². The van der Waals surface area contributed by atoms with Crippen molar-refractivity contribution in [2.24, 2.45) is 7.05 Å². The van der Waals surface area contributed by atoms with Crippen molar-refractivity contribution in [2.45, 2.75) is 38.0 Å². The summed E-state index contributed by atoms with van der Waals surface area (Å²) in [7, 11) is 1.77. The molecule has 0 spiro atoms.